The molecular formula is C21H22N2O6. The zero-order valence-electron chi connectivity index (χ0n) is 15.8. The third-order valence-corrected chi connectivity index (χ3v) is 4.04. The molecule has 0 aliphatic rings. The molecule has 2 atom stereocenters. The molecule has 2 amide bonds. The van der Waals surface area contributed by atoms with E-state index in [-0.39, 0.29) is 13.0 Å². The predicted octanol–water partition coefficient (Wildman–Crippen LogP) is 1.68. The number of alkyl carbamates (subject to hydrolysis) is 1. The molecule has 0 aliphatic carbocycles. The van der Waals surface area contributed by atoms with E-state index in [1.807, 2.05) is 6.07 Å². The largest absolute Gasteiger partial charge is 0.479 e. The van der Waals surface area contributed by atoms with E-state index >= 15 is 0 Å². The fraction of sp³-hybridized carbons (Fsp3) is 0.238. The summed E-state index contributed by atoms with van der Waals surface area (Å²) in [7, 11) is 0. The topological polar surface area (TPSA) is 122 Å². The van der Waals surface area contributed by atoms with E-state index in [1.54, 1.807) is 54.6 Å². The molecule has 152 valence electrons. The lowest BCUT2D eigenvalue weighted by Gasteiger charge is -2.20. The zero-order chi connectivity index (χ0) is 21.2. The Balaban J connectivity index is 2.07. The molecule has 2 aromatic rings. The number of carboxylic acid groups (broad SMARTS) is 1. The van der Waals surface area contributed by atoms with Crippen LogP contribution in [0.1, 0.15) is 18.1 Å². The Morgan fingerprint density at radius 3 is 1.97 bits per heavy atom. The number of ketones is 1. The first-order valence-corrected chi connectivity index (χ1v) is 8.91. The molecule has 0 spiro atoms. The smallest absolute Gasteiger partial charge is 0.408 e. The highest BCUT2D eigenvalue weighted by molar-refractivity contribution is 6.04. The average molecular weight is 398 g/mol. The highest BCUT2D eigenvalue weighted by atomic mass is 16.5. The molecule has 8 heteroatoms. The molecule has 29 heavy (non-hydrogen) atoms. The minimum atomic E-state index is -1.69. The van der Waals surface area contributed by atoms with Gasteiger partial charge in [0.1, 0.15) is 12.6 Å². The number of carboxylic acids is 1. The van der Waals surface area contributed by atoms with Gasteiger partial charge in [0.2, 0.25) is 5.91 Å². The monoisotopic (exact) mass is 398 g/mol. The lowest BCUT2D eigenvalue weighted by Crippen LogP contribution is -2.54. The molecule has 0 unspecified atom stereocenters. The Kier molecular flexibility index (Phi) is 7.90. The highest BCUT2D eigenvalue weighted by Crippen LogP contribution is 2.06. The molecule has 0 radical (unpaired) electrons. The number of hydrogen-bond acceptors (Lipinski definition) is 5. The van der Waals surface area contributed by atoms with Gasteiger partial charge in [-0.15, -0.1) is 0 Å². The first-order chi connectivity index (χ1) is 13.9. The quantitative estimate of drug-likeness (QED) is 0.553. The molecule has 2 rings (SSSR count). The summed E-state index contributed by atoms with van der Waals surface area (Å²) < 4.78 is 5.13. The van der Waals surface area contributed by atoms with Crippen molar-refractivity contribution in [2.45, 2.75) is 32.0 Å². The first kappa shape index (κ1) is 21.6. The summed E-state index contributed by atoms with van der Waals surface area (Å²) in [6.45, 7) is 1.07. The molecule has 0 fully saturated rings. The molecule has 0 saturated heterocycles. The summed E-state index contributed by atoms with van der Waals surface area (Å²) in [5, 5.41) is 13.7. The van der Waals surface area contributed by atoms with E-state index in [4.69, 9.17) is 9.84 Å². The van der Waals surface area contributed by atoms with E-state index in [9.17, 15) is 19.2 Å². The Hall–Kier alpha value is -3.68. The molecule has 0 bridgehead atoms. The minimum absolute atomic E-state index is 0.0115. The van der Waals surface area contributed by atoms with Gasteiger partial charge in [0.25, 0.3) is 0 Å². The molecule has 0 aromatic heterocycles. The molecule has 0 heterocycles. The van der Waals surface area contributed by atoms with Gasteiger partial charge in [-0.1, -0.05) is 60.7 Å². The minimum Gasteiger partial charge on any atom is -0.479 e. The predicted molar refractivity (Wildman–Crippen MR) is 104 cm³/mol. The number of carbonyl (C=O) groups excluding carboxylic acids is 3. The summed E-state index contributed by atoms with van der Waals surface area (Å²) in [6.07, 6.45) is -0.739. The summed E-state index contributed by atoms with van der Waals surface area (Å²) in [4.78, 5) is 47.4. The Bertz CT molecular complexity index is 840. The lowest BCUT2D eigenvalue weighted by atomic mass is 10.0. The van der Waals surface area contributed by atoms with Gasteiger partial charge in [-0.05, 0) is 18.1 Å². The summed E-state index contributed by atoms with van der Waals surface area (Å²) in [5.74, 6) is -3.00. The summed E-state index contributed by atoms with van der Waals surface area (Å²) in [5.41, 5.74) is 1.51. The fourth-order valence-corrected chi connectivity index (χ4v) is 2.55. The number of carbonyl (C=O) groups is 4. The van der Waals surface area contributed by atoms with Crippen molar-refractivity contribution >= 4 is 23.8 Å². The van der Waals surface area contributed by atoms with Crippen LogP contribution < -0.4 is 10.6 Å². The number of aliphatic carboxylic acids is 1. The second-order valence-corrected chi connectivity index (χ2v) is 6.34. The Morgan fingerprint density at radius 2 is 1.45 bits per heavy atom. The van der Waals surface area contributed by atoms with E-state index in [0.717, 1.165) is 18.1 Å². The maximum absolute atomic E-state index is 12.6. The van der Waals surface area contributed by atoms with Crippen LogP contribution in [0.5, 0.6) is 0 Å². The van der Waals surface area contributed by atoms with Crippen molar-refractivity contribution in [1.82, 2.24) is 10.6 Å². The van der Waals surface area contributed by atoms with Crippen LogP contribution in [-0.2, 0) is 32.1 Å². The molecule has 8 nitrogen and oxygen atoms in total. The molecule has 0 saturated carbocycles. The number of ether oxygens (including phenoxy) is 1. The third-order valence-electron chi connectivity index (χ3n) is 4.04. The van der Waals surface area contributed by atoms with E-state index in [1.165, 1.54) is 0 Å². The second-order valence-electron chi connectivity index (χ2n) is 6.34. The Labute approximate surface area is 167 Å². The average Bonchev–Trinajstić information content (AvgIpc) is 2.71. The molecule has 3 N–H and O–H groups in total. The van der Waals surface area contributed by atoms with Crippen LogP contribution in [0, 0.1) is 0 Å². The number of nitrogens with one attached hydrogen (secondary N) is 2. The van der Waals surface area contributed by atoms with Crippen molar-refractivity contribution in [2.75, 3.05) is 0 Å². The third kappa shape index (κ3) is 7.10. The van der Waals surface area contributed by atoms with Crippen LogP contribution in [0.2, 0.25) is 0 Å². The van der Waals surface area contributed by atoms with Crippen molar-refractivity contribution < 1.29 is 29.0 Å². The Morgan fingerprint density at radius 1 is 0.897 bits per heavy atom. The van der Waals surface area contributed by atoms with E-state index in [0.29, 0.717) is 0 Å². The van der Waals surface area contributed by atoms with Crippen LogP contribution in [-0.4, -0.2) is 40.9 Å². The maximum Gasteiger partial charge on any atom is 0.408 e. The van der Waals surface area contributed by atoms with E-state index < -0.39 is 35.8 Å². The van der Waals surface area contributed by atoms with Crippen molar-refractivity contribution in [3.63, 3.8) is 0 Å². The van der Waals surface area contributed by atoms with Gasteiger partial charge in [0.05, 0.1) is 0 Å². The molecule has 0 aliphatic heterocycles. The first-order valence-electron chi connectivity index (χ1n) is 8.91. The van der Waals surface area contributed by atoms with Gasteiger partial charge in [-0.25, -0.2) is 9.59 Å². The number of Topliss-reactive ketones (excluding diaryl/α,β-unsaturated/α-hetero) is 1. The molecular weight excluding hydrogens is 376 g/mol. The normalized spacial score (nSPS) is 12.3. The summed E-state index contributed by atoms with van der Waals surface area (Å²) in [6, 6.07) is 15.1. The van der Waals surface area contributed by atoms with Crippen LogP contribution in [0.15, 0.2) is 60.7 Å². The van der Waals surface area contributed by atoms with Gasteiger partial charge in [0.15, 0.2) is 11.8 Å². The van der Waals surface area contributed by atoms with Crippen molar-refractivity contribution in [3.05, 3.63) is 71.8 Å². The second kappa shape index (κ2) is 10.6. The van der Waals surface area contributed by atoms with Gasteiger partial charge in [-0.2, -0.15) is 0 Å². The zero-order valence-corrected chi connectivity index (χ0v) is 15.8. The van der Waals surface area contributed by atoms with Gasteiger partial charge in [-0.3, -0.25) is 9.59 Å². The number of hydrogen-bond donors (Lipinski definition) is 3. The van der Waals surface area contributed by atoms with Crippen LogP contribution in [0.3, 0.4) is 0 Å². The molecule has 2 aromatic carbocycles. The van der Waals surface area contributed by atoms with Crippen molar-refractivity contribution in [1.29, 1.82) is 0 Å². The van der Waals surface area contributed by atoms with E-state index in [2.05, 4.69) is 10.6 Å². The van der Waals surface area contributed by atoms with Gasteiger partial charge in [0, 0.05) is 6.42 Å². The van der Waals surface area contributed by atoms with Gasteiger partial charge < -0.3 is 20.5 Å². The van der Waals surface area contributed by atoms with Crippen LogP contribution in [0.25, 0.3) is 0 Å². The van der Waals surface area contributed by atoms with Gasteiger partial charge >= 0.3 is 12.1 Å². The summed E-state index contributed by atoms with van der Waals surface area (Å²) >= 11 is 0. The number of rotatable bonds is 9. The highest BCUT2D eigenvalue weighted by Gasteiger charge is 2.29. The maximum atomic E-state index is 12.6. The fourth-order valence-electron chi connectivity index (χ4n) is 2.55. The van der Waals surface area contributed by atoms with Crippen molar-refractivity contribution in [3.8, 4) is 0 Å². The number of amides is 2. The standard InChI is InChI=1S/C21H22N2O6/c1-14(24)18(20(26)27)23-19(25)17(12-15-8-4-2-5-9-15)22-21(28)29-13-16-10-6-3-7-11-16/h2-11,17-18H,12-13H2,1H3,(H,22,28)(H,23,25)(H,26,27)/t17-,18-/m0/s1. The van der Waals surface area contributed by atoms with Crippen LogP contribution >= 0.6 is 0 Å². The lowest BCUT2D eigenvalue weighted by molar-refractivity contribution is -0.145. The SMILES string of the molecule is CC(=O)[C@H](NC(=O)[C@H](Cc1ccccc1)NC(=O)OCc1ccccc1)C(=O)O. The number of benzene rings is 2. The van der Waals surface area contributed by atoms with Crippen LogP contribution in [0.4, 0.5) is 4.79 Å². The van der Waals surface area contributed by atoms with Crippen molar-refractivity contribution in [2.24, 2.45) is 0 Å².